The van der Waals surface area contributed by atoms with Gasteiger partial charge in [-0.1, -0.05) is 0 Å². The monoisotopic (exact) mass is 335 g/mol. The molecule has 0 unspecified atom stereocenters. The van der Waals surface area contributed by atoms with Crippen LogP contribution in [0.15, 0.2) is 24.3 Å². The molecule has 0 aliphatic rings. The van der Waals surface area contributed by atoms with Crippen molar-refractivity contribution >= 4 is 32.4 Å². The number of aromatic nitrogens is 1. The van der Waals surface area contributed by atoms with E-state index in [-0.39, 0.29) is 24.3 Å². The molecular formula is C13H13N5O4S. The third-order valence-corrected chi connectivity index (χ3v) is 3.65. The number of pyridine rings is 1. The first kappa shape index (κ1) is 16.6. The van der Waals surface area contributed by atoms with Crippen molar-refractivity contribution in [2.75, 3.05) is 24.7 Å². The lowest BCUT2D eigenvalue weighted by atomic mass is 10.1. The van der Waals surface area contributed by atoms with Gasteiger partial charge in [0.2, 0.25) is 10.0 Å². The number of fused-ring (bicyclic) bond motifs is 1. The lowest BCUT2D eigenvalue weighted by Gasteiger charge is -2.08. The van der Waals surface area contributed by atoms with Crippen molar-refractivity contribution in [1.82, 2.24) is 9.71 Å². The molecule has 2 aromatic rings. The number of hydrogen-bond acceptors (Lipinski definition) is 7. The first-order valence-electron chi connectivity index (χ1n) is 6.48. The highest BCUT2D eigenvalue weighted by molar-refractivity contribution is 7.88. The second-order valence-electron chi connectivity index (χ2n) is 4.72. The zero-order chi connectivity index (χ0) is 17.0. The molecule has 1 aromatic heterocycles. The van der Waals surface area contributed by atoms with Crippen LogP contribution < -0.4 is 10.0 Å². The lowest BCUT2D eigenvalue weighted by Crippen LogP contribution is -2.27. The maximum absolute atomic E-state index is 11.0. The zero-order valence-electron chi connectivity index (χ0n) is 12.1. The van der Waals surface area contributed by atoms with Crippen molar-refractivity contribution in [3.05, 3.63) is 39.9 Å². The number of nitrogens with one attached hydrogen (secondary N) is 2. The van der Waals surface area contributed by atoms with Crippen LogP contribution in [-0.2, 0) is 10.0 Å². The van der Waals surface area contributed by atoms with Gasteiger partial charge in [-0.2, -0.15) is 5.26 Å². The second kappa shape index (κ2) is 6.55. The molecule has 0 atom stereocenters. The fourth-order valence-corrected chi connectivity index (χ4v) is 2.41. The first-order chi connectivity index (χ1) is 10.8. The molecule has 0 aliphatic heterocycles. The van der Waals surface area contributed by atoms with Crippen LogP contribution in [0, 0.1) is 21.4 Å². The molecule has 0 amide bonds. The molecule has 9 nitrogen and oxygen atoms in total. The molecule has 0 spiro atoms. The Morgan fingerprint density at radius 1 is 1.35 bits per heavy atom. The van der Waals surface area contributed by atoms with Gasteiger partial charge in [0.05, 0.1) is 28.3 Å². The molecule has 0 saturated carbocycles. The van der Waals surface area contributed by atoms with Crippen LogP contribution in [0.5, 0.6) is 0 Å². The van der Waals surface area contributed by atoms with Gasteiger partial charge < -0.3 is 5.32 Å². The predicted molar refractivity (Wildman–Crippen MR) is 84.4 cm³/mol. The highest BCUT2D eigenvalue weighted by atomic mass is 32.2. The van der Waals surface area contributed by atoms with Gasteiger partial charge in [0.1, 0.15) is 5.82 Å². The predicted octanol–water partition coefficient (Wildman–Crippen LogP) is 0.976. The van der Waals surface area contributed by atoms with Gasteiger partial charge in [-0.3, -0.25) is 10.1 Å². The van der Waals surface area contributed by atoms with Gasteiger partial charge in [-0.15, -0.1) is 0 Å². The number of rotatable bonds is 6. The van der Waals surface area contributed by atoms with Gasteiger partial charge in [0.25, 0.3) is 5.69 Å². The molecule has 2 N–H and O–H groups in total. The van der Waals surface area contributed by atoms with Crippen LogP contribution >= 0.6 is 0 Å². The molecule has 1 aromatic carbocycles. The largest absolute Gasteiger partial charge is 0.369 e. The normalized spacial score (nSPS) is 11.1. The second-order valence-corrected chi connectivity index (χ2v) is 6.55. The van der Waals surface area contributed by atoms with Crippen LogP contribution in [0.3, 0.4) is 0 Å². The van der Waals surface area contributed by atoms with Gasteiger partial charge in [-0.25, -0.2) is 18.1 Å². The summed E-state index contributed by atoms with van der Waals surface area (Å²) in [6.45, 7) is 0.449. The Balaban J connectivity index is 2.25. The molecule has 2 rings (SSSR count). The van der Waals surface area contributed by atoms with Crippen LogP contribution in [-0.4, -0.2) is 37.7 Å². The number of non-ortho nitro benzene ring substituents is 1. The standard InChI is InChI=1S/C13H13N5O4S/c1-23(21,22)16-5-4-15-13-6-9(8-14)11-7-10(18(19)20)2-3-12(11)17-13/h2-3,6-7,16H,4-5H2,1H3,(H,15,17). The van der Waals surface area contributed by atoms with E-state index in [0.717, 1.165) is 6.26 Å². The molecular weight excluding hydrogens is 322 g/mol. The van der Waals surface area contributed by atoms with E-state index in [2.05, 4.69) is 15.0 Å². The van der Waals surface area contributed by atoms with E-state index in [0.29, 0.717) is 16.7 Å². The van der Waals surface area contributed by atoms with Crippen molar-refractivity contribution in [3.63, 3.8) is 0 Å². The maximum atomic E-state index is 11.0. The van der Waals surface area contributed by atoms with Crippen molar-refractivity contribution in [2.24, 2.45) is 0 Å². The Morgan fingerprint density at radius 2 is 2.09 bits per heavy atom. The van der Waals surface area contributed by atoms with Gasteiger partial charge in [0, 0.05) is 30.6 Å². The van der Waals surface area contributed by atoms with Crippen LogP contribution in [0.25, 0.3) is 10.9 Å². The summed E-state index contributed by atoms with van der Waals surface area (Å²) in [7, 11) is -3.27. The SMILES string of the molecule is CS(=O)(=O)NCCNc1cc(C#N)c2cc([N+](=O)[O-])ccc2n1. The van der Waals surface area contributed by atoms with Gasteiger partial charge in [-0.05, 0) is 12.1 Å². The summed E-state index contributed by atoms with van der Waals surface area (Å²) in [5.41, 5.74) is 0.569. The number of benzene rings is 1. The van der Waals surface area contributed by atoms with E-state index in [4.69, 9.17) is 0 Å². The average Bonchev–Trinajstić information content (AvgIpc) is 2.49. The topological polar surface area (TPSA) is 138 Å². The highest BCUT2D eigenvalue weighted by Crippen LogP contribution is 2.24. The summed E-state index contributed by atoms with van der Waals surface area (Å²) in [6.07, 6.45) is 1.06. The molecule has 0 aliphatic carbocycles. The molecule has 120 valence electrons. The summed E-state index contributed by atoms with van der Waals surface area (Å²) in [4.78, 5) is 14.5. The van der Waals surface area contributed by atoms with Crippen molar-refractivity contribution in [2.45, 2.75) is 0 Å². The molecule has 23 heavy (non-hydrogen) atoms. The summed E-state index contributed by atoms with van der Waals surface area (Å²) in [5.74, 6) is 0.387. The number of hydrogen-bond donors (Lipinski definition) is 2. The average molecular weight is 335 g/mol. The fourth-order valence-electron chi connectivity index (χ4n) is 1.94. The fraction of sp³-hybridized carbons (Fsp3) is 0.231. The Labute approximate surface area is 132 Å². The molecule has 0 bridgehead atoms. The summed E-state index contributed by atoms with van der Waals surface area (Å²) >= 11 is 0. The van der Waals surface area contributed by atoms with Crippen LogP contribution in [0.4, 0.5) is 11.5 Å². The number of anilines is 1. The Hall–Kier alpha value is -2.77. The number of nitriles is 1. The van der Waals surface area contributed by atoms with Crippen LogP contribution in [0.2, 0.25) is 0 Å². The highest BCUT2D eigenvalue weighted by Gasteiger charge is 2.11. The minimum Gasteiger partial charge on any atom is -0.369 e. The van der Waals surface area contributed by atoms with E-state index in [1.165, 1.54) is 24.3 Å². The number of nitrogens with zero attached hydrogens (tertiary/aromatic N) is 3. The van der Waals surface area contributed by atoms with E-state index in [1.807, 2.05) is 6.07 Å². The lowest BCUT2D eigenvalue weighted by molar-refractivity contribution is -0.384. The minimum atomic E-state index is -3.27. The third-order valence-electron chi connectivity index (χ3n) is 2.92. The summed E-state index contributed by atoms with van der Waals surface area (Å²) in [5, 5.41) is 23.3. The Morgan fingerprint density at radius 3 is 2.70 bits per heavy atom. The quantitative estimate of drug-likeness (QED) is 0.455. The number of nitro groups is 1. The Kier molecular flexibility index (Phi) is 4.73. The zero-order valence-corrected chi connectivity index (χ0v) is 12.9. The minimum absolute atomic E-state index is 0.117. The van der Waals surface area contributed by atoms with Crippen molar-refractivity contribution in [1.29, 1.82) is 5.26 Å². The Bertz CT molecular complexity index is 904. The summed E-state index contributed by atoms with van der Waals surface area (Å²) < 4.78 is 24.2. The first-order valence-corrected chi connectivity index (χ1v) is 8.37. The summed E-state index contributed by atoms with van der Waals surface area (Å²) in [6, 6.07) is 7.52. The van der Waals surface area contributed by atoms with Gasteiger partial charge in [0.15, 0.2) is 0 Å². The molecule has 0 saturated heterocycles. The number of nitro benzene ring substituents is 1. The van der Waals surface area contributed by atoms with Gasteiger partial charge >= 0.3 is 0 Å². The van der Waals surface area contributed by atoms with E-state index >= 15 is 0 Å². The van der Waals surface area contributed by atoms with E-state index in [1.54, 1.807) is 0 Å². The van der Waals surface area contributed by atoms with E-state index in [9.17, 15) is 23.8 Å². The van der Waals surface area contributed by atoms with Crippen molar-refractivity contribution in [3.8, 4) is 6.07 Å². The smallest absolute Gasteiger partial charge is 0.270 e. The number of sulfonamides is 1. The van der Waals surface area contributed by atoms with Crippen LogP contribution in [0.1, 0.15) is 5.56 Å². The molecule has 0 radical (unpaired) electrons. The van der Waals surface area contributed by atoms with Crippen molar-refractivity contribution < 1.29 is 13.3 Å². The molecule has 10 heteroatoms. The van der Waals surface area contributed by atoms with E-state index < -0.39 is 14.9 Å². The third kappa shape index (κ3) is 4.35. The molecule has 0 fully saturated rings. The molecule has 1 heterocycles. The maximum Gasteiger partial charge on any atom is 0.270 e.